The SMILES string of the molecule is C/C(O)=C(\C(N)=O)C1=NCCCN1. The number of amidine groups is 1. The topological polar surface area (TPSA) is 87.7 Å². The Morgan fingerprint density at radius 1 is 1.69 bits per heavy atom. The van der Waals surface area contributed by atoms with Gasteiger partial charge < -0.3 is 16.2 Å². The summed E-state index contributed by atoms with van der Waals surface area (Å²) in [5, 5.41) is 12.1. The molecule has 5 heteroatoms. The van der Waals surface area contributed by atoms with Gasteiger partial charge in [0.1, 0.15) is 17.2 Å². The van der Waals surface area contributed by atoms with E-state index in [-0.39, 0.29) is 11.3 Å². The first kappa shape index (κ1) is 9.57. The number of nitrogens with one attached hydrogen (secondary N) is 1. The number of hydrogen-bond acceptors (Lipinski definition) is 4. The fourth-order valence-electron chi connectivity index (χ4n) is 1.17. The molecule has 0 saturated carbocycles. The minimum atomic E-state index is -0.659. The highest BCUT2D eigenvalue weighted by atomic mass is 16.3. The van der Waals surface area contributed by atoms with Crippen molar-refractivity contribution in [2.45, 2.75) is 13.3 Å². The average molecular weight is 183 g/mol. The summed E-state index contributed by atoms with van der Waals surface area (Å²) < 4.78 is 0. The largest absolute Gasteiger partial charge is 0.512 e. The van der Waals surface area contributed by atoms with Crippen LogP contribution in [0.15, 0.2) is 16.3 Å². The van der Waals surface area contributed by atoms with E-state index in [1.54, 1.807) is 0 Å². The zero-order valence-electron chi connectivity index (χ0n) is 7.50. The summed E-state index contributed by atoms with van der Waals surface area (Å²) in [4.78, 5) is 15.0. The van der Waals surface area contributed by atoms with E-state index in [2.05, 4.69) is 10.3 Å². The summed E-state index contributed by atoms with van der Waals surface area (Å²) in [6, 6.07) is 0. The number of nitrogens with two attached hydrogens (primary N) is 1. The number of aliphatic hydroxyl groups excluding tert-OH is 1. The third kappa shape index (κ3) is 2.21. The third-order valence-corrected chi connectivity index (χ3v) is 1.74. The van der Waals surface area contributed by atoms with Gasteiger partial charge in [0.2, 0.25) is 0 Å². The second-order valence-corrected chi connectivity index (χ2v) is 2.84. The molecule has 0 atom stereocenters. The van der Waals surface area contributed by atoms with Crippen LogP contribution < -0.4 is 11.1 Å². The molecule has 0 aliphatic carbocycles. The van der Waals surface area contributed by atoms with Crippen LogP contribution in [-0.4, -0.2) is 29.9 Å². The minimum Gasteiger partial charge on any atom is -0.512 e. The maximum absolute atomic E-state index is 10.9. The van der Waals surface area contributed by atoms with Crippen molar-refractivity contribution in [2.75, 3.05) is 13.1 Å². The molecule has 1 aliphatic rings. The number of aliphatic hydroxyl groups is 1. The van der Waals surface area contributed by atoms with E-state index in [0.29, 0.717) is 12.4 Å². The van der Waals surface area contributed by atoms with Crippen molar-refractivity contribution >= 4 is 11.7 Å². The van der Waals surface area contributed by atoms with E-state index in [1.165, 1.54) is 6.92 Å². The summed E-state index contributed by atoms with van der Waals surface area (Å²) in [6.45, 7) is 2.83. The molecule has 4 N–H and O–H groups in total. The van der Waals surface area contributed by atoms with Gasteiger partial charge in [-0.25, -0.2) is 0 Å². The van der Waals surface area contributed by atoms with E-state index in [9.17, 15) is 9.90 Å². The first-order chi connectivity index (χ1) is 6.13. The molecule has 5 nitrogen and oxygen atoms in total. The Morgan fingerprint density at radius 3 is 2.77 bits per heavy atom. The second kappa shape index (κ2) is 3.93. The van der Waals surface area contributed by atoms with Crippen LogP contribution in [0.2, 0.25) is 0 Å². The van der Waals surface area contributed by atoms with Gasteiger partial charge >= 0.3 is 0 Å². The van der Waals surface area contributed by atoms with Crippen LogP contribution in [0.1, 0.15) is 13.3 Å². The summed E-state index contributed by atoms with van der Waals surface area (Å²) in [6.07, 6.45) is 0.931. The lowest BCUT2D eigenvalue weighted by atomic mass is 10.1. The molecule has 13 heavy (non-hydrogen) atoms. The van der Waals surface area contributed by atoms with Crippen molar-refractivity contribution in [1.29, 1.82) is 0 Å². The van der Waals surface area contributed by atoms with Crippen LogP contribution in [0.25, 0.3) is 0 Å². The van der Waals surface area contributed by atoms with Crippen molar-refractivity contribution in [3.05, 3.63) is 11.3 Å². The van der Waals surface area contributed by atoms with Gasteiger partial charge in [0, 0.05) is 13.1 Å². The molecule has 0 radical (unpaired) electrons. The molecule has 0 unspecified atom stereocenters. The Kier molecular flexibility index (Phi) is 2.89. The van der Waals surface area contributed by atoms with E-state index >= 15 is 0 Å². The fraction of sp³-hybridized carbons (Fsp3) is 0.500. The highest BCUT2D eigenvalue weighted by molar-refractivity contribution is 6.20. The predicted octanol–water partition coefficient (Wildman–Crippen LogP) is -0.304. The molecule has 0 fully saturated rings. The zero-order chi connectivity index (χ0) is 9.84. The van der Waals surface area contributed by atoms with Crippen molar-refractivity contribution in [3.8, 4) is 0 Å². The molecule has 72 valence electrons. The highest BCUT2D eigenvalue weighted by Crippen LogP contribution is 2.04. The number of nitrogens with zero attached hydrogens (tertiary/aromatic N) is 1. The summed E-state index contributed by atoms with van der Waals surface area (Å²) in [5.74, 6) is -0.354. The van der Waals surface area contributed by atoms with Crippen molar-refractivity contribution in [3.63, 3.8) is 0 Å². The Labute approximate surface area is 76.3 Å². The van der Waals surface area contributed by atoms with Crippen molar-refractivity contribution in [1.82, 2.24) is 5.32 Å². The van der Waals surface area contributed by atoms with Gasteiger partial charge in [-0.05, 0) is 13.3 Å². The number of carbonyl (C=O) groups is 1. The molecule has 1 rings (SSSR count). The molecule has 0 aromatic rings. The number of rotatable bonds is 2. The minimum absolute atomic E-state index is 0.0831. The Hall–Kier alpha value is -1.52. The Bertz CT molecular complexity index is 277. The zero-order valence-corrected chi connectivity index (χ0v) is 7.50. The molecule has 1 heterocycles. The Balaban J connectivity index is 2.95. The third-order valence-electron chi connectivity index (χ3n) is 1.74. The maximum atomic E-state index is 10.9. The second-order valence-electron chi connectivity index (χ2n) is 2.84. The van der Waals surface area contributed by atoms with E-state index in [1.807, 2.05) is 0 Å². The van der Waals surface area contributed by atoms with Gasteiger partial charge in [-0.15, -0.1) is 0 Å². The van der Waals surface area contributed by atoms with E-state index in [0.717, 1.165) is 13.0 Å². The quantitative estimate of drug-likeness (QED) is 0.405. The number of hydrogen-bond donors (Lipinski definition) is 3. The molecule has 0 aromatic carbocycles. The van der Waals surface area contributed by atoms with Crippen LogP contribution in [0.3, 0.4) is 0 Å². The molecule has 1 aliphatic heterocycles. The van der Waals surface area contributed by atoms with Crippen LogP contribution in [0, 0.1) is 0 Å². The van der Waals surface area contributed by atoms with Gasteiger partial charge in [0.25, 0.3) is 5.91 Å². The number of primary amides is 1. The van der Waals surface area contributed by atoms with Gasteiger partial charge in [-0.1, -0.05) is 0 Å². The number of aliphatic imine (C=N–C) groups is 1. The standard InChI is InChI=1S/C8H13N3O2/c1-5(12)6(7(9)13)8-10-3-2-4-11-8/h12H,2-4H2,1H3,(H2,9,13)(H,10,11)/b6-5-. The molecule has 0 aromatic heterocycles. The number of allylic oxidation sites excluding steroid dienone is 1. The van der Waals surface area contributed by atoms with Crippen molar-refractivity contribution in [2.24, 2.45) is 10.7 Å². The van der Waals surface area contributed by atoms with Gasteiger partial charge in [-0.3, -0.25) is 9.79 Å². The van der Waals surface area contributed by atoms with Gasteiger partial charge in [0.15, 0.2) is 0 Å². The smallest absolute Gasteiger partial charge is 0.255 e. The lowest BCUT2D eigenvalue weighted by Crippen LogP contribution is -2.36. The molecule has 0 spiro atoms. The average Bonchev–Trinajstić information content (AvgIpc) is 2.04. The van der Waals surface area contributed by atoms with E-state index < -0.39 is 5.91 Å². The lowest BCUT2D eigenvalue weighted by molar-refractivity contribution is -0.114. The summed E-state index contributed by atoms with van der Waals surface area (Å²) in [7, 11) is 0. The number of amides is 1. The van der Waals surface area contributed by atoms with Crippen LogP contribution in [0.4, 0.5) is 0 Å². The van der Waals surface area contributed by atoms with Crippen molar-refractivity contribution < 1.29 is 9.90 Å². The van der Waals surface area contributed by atoms with Gasteiger partial charge in [0.05, 0.1) is 0 Å². The Morgan fingerprint density at radius 2 is 2.38 bits per heavy atom. The summed E-state index contributed by atoms with van der Waals surface area (Å²) in [5.41, 5.74) is 5.17. The van der Waals surface area contributed by atoms with Crippen LogP contribution in [-0.2, 0) is 4.79 Å². The maximum Gasteiger partial charge on any atom is 0.255 e. The predicted molar refractivity (Wildman–Crippen MR) is 49.4 cm³/mol. The van der Waals surface area contributed by atoms with Gasteiger partial charge in [-0.2, -0.15) is 0 Å². The molecule has 0 bridgehead atoms. The first-order valence-corrected chi connectivity index (χ1v) is 4.11. The summed E-state index contributed by atoms with van der Waals surface area (Å²) >= 11 is 0. The normalized spacial score (nSPS) is 18.4. The molecule has 1 amide bonds. The molecular formula is C8H13N3O2. The lowest BCUT2D eigenvalue weighted by Gasteiger charge is -2.15. The van der Waals surface area contributed by atoms with Crippen LogP contribution in [0.5, 0.6) is 0 Å². The van der Waals surface area contributed by atoms with E-state index in [4.69, 9.17) is 5.73 Å². The van der Waals surface area contributed by atoms with Crippen LogP contribution >= 0.6 is 0 Å². The first-order valence-electron chi connectivity index (χ1n) is 4.11. The number of carbonyl (C=O) groups excluding carboxylic acids is 1. The monoisotopic (exact) mass is 183 g/mol. The molecule has 0 saturated heterocycles. The molecular weight excluding hydrogens is 170 g/mol. The fourth-order valence-corrected chi connectivity index (χ4v) is 1.17. The highest BCUT2D eigenvalue weighted by Gasteiger charge is 2.17.